The molecule has 25 heavy (non-hydrogen) atoms. The number of carbonyl (C=O) groups is 1. The van der Waals surface area contributed by atoms with Crippen LogP contribution in [0.25, 0.3) is 0 Å². The third kappa shape index (κ3) is 18.0. The summed E-state index contributed by atoms with van der Waals surface area (Å²) >= 11 is 0. The van der Waals surface area contributed by atoms with Gasteiger partial charge in [-0.2, -0.15) is 0 Å². The molecule has 1 unspecified atom stereocenters. The predicted octanol–water partition coefficient (Wildman–Crippen LogP) is 5.82. The van der Waals surface area contributed by atoms with Crippen LogP contribution in [0.4, 0.5) is 0 Å². The lowest BCUT2D eigenvalue weighted by molar-refractivity contribution is -0.312. The molecule has 0 aromatic heterocycles. The molecule has 0 fully saturated rings. The summed E-state index contributed by atoms with van der Waals surface area (Å²) in [6.45, 7) is 2.19. The molecule has 0 saturated carbocycles. The second kappa shape index (κ2) is 19.8. The second-order valence-electron chi connectivity index (χ2n) is 7.60. The number of carboxylic acids is 1. The molecule has 0 rings (SSSR count). The van der Waals surface area contributed by atoms with Crippen LogP contribution in [0.1, 0.15) is 122 Å². The number of hydrogen-bond acceptors (Lipinski definition) is 2. The Labute approximate surface area is 156 Å². The minimum absolute atomic E-state index is 0.0935. The first-order chi connectivity index (χ1) is 12.2. The fourth-order valence-electron chi connectivity index (χ4n) is 3.44. The topological polar surface area (TPSA) is 60.0 Å². The lowest BCUT2D eigenvalue weighted by Crippen LogP contribution is -2.31. The molecule has 0 aromatic carbocycles. The van der Waals surface area contributed by atoms with E-state index in [-0.39, 0.29) is 12.5 Å². The number of aliphatic carboxylic acids is 1. The van der Waals surface area contributed by atoms with Crippen molar-refractivity contribution in [3.8, 4) is 0 Å². The van der Waals surface area contributed by atoms with Gasteiger partial charge in [-0.05, 0) is 25.2 Å². The van der Waals surface area contributed by atoms with Crippen LogP contribution in [0.2, 0.25) is 0 Å². The van der Waals surface area contributed by atoms with Crippen molar-refractivity contribution in [2.75, 3.05) is 6.61 Å². The predicted molar refractivity (Wildman–Crippen MR) is 103 cm³/mol. The Morgan fingerprint density at radius 1 is 0.640 bits per heavy atom. The molecule has 149 valence electrons. The number of carboxylic acid groups (broad SMARTS) is 1. The van der Waals surface area contributed by atoms with Gasteiger partial charge in [0.15, 0.2) is 0 Å². The van der Waals surface area contributed by atoms with Crippen molar-refractivity contribution in [1.29, 1.82) is 0 Å². The Bertz CT molecular complexity index is 278. The molecular weight excluding hydrogens is 312 g/mol. The molecule has 0 N–H and O–H groups in total. The molecule has 0 heterocycles. The van der Waals surface area contributed by atoms with Crippen molar-refractivity contribution < 1.29 is 15.0 Å². The summed E-state index contributed by atoms with van der Waals surface area (Å²) in [6.07, 6.45) is 20.9. The maximum absolute atomic E-state index is 11.1. The molecule has 0 aliphatic heterocycles. The van der Waals surface area contributed by atoms with Gasteiger partial charge in [0.05, 0.1) is 6.61 Å². The Balaban J connectivity index is 3.24. The molecule has 1 atom stereocenters. The van der Waals surface area contributed by atoms with Gasteiger partial charge in [-0.1, -0.05) is 103 Å². The van der Waals surface area contributed by atoms with Crippen LogP contribution in [-0.2, 0) is 9.90 Å². The zero-order valence-corrected chi connectivity index (χ0v) is 16.7. The zero-order valence-electron chi connectivity index (χ0n) is 16.7. The fraction of sp³-hybridized carbons (Fsp3) is 0.955. The summed E-state index contributed by atoms with van der Waals surface area (Å²) in [5, 5.41) is 21.4. The molecule has 0 bridgehead atoms. The lowest BCUT2D eigenvalue weighted by Gasteiger charge is -2.17. The van der Waals surface area contributed by atoms with E-state index in [0.29, 0.717) is 0 Å². The number of carbonyl (C=O) groups excluding carboxylic acids is 1. The zero-order chi connectivity index (χ0) is 18.6. The van der Waals surface area contributed by atoms with Gasteiger partial charge in [-0.3, -0.25) is 0 Å². The van der Waals surface area contributed by atoms with Gasteiger partial charge >= 0.3 is 0 Å². The molecule has 1 radical (unpaired) electrons. The van der Waals surface area contributed by atoms with Gasteiger partial charge in [0.1, 0.15) is 0 Å². The normalized spacial score (nSPS) is 12.4. The second-order valence-corrected chi connectivity index (χ2v) is 7.60. The van der Waals surface area contributed by atoms with Gasteiger partial charge in [0, 0.05) is 5.97 Å². The summed E-state index contributed by atoms with van der Waals surface area (Å²) in [4.78, 5) is 11.1. The van der Waals surface area contributed by atoms with E-state index in [2.05, 4.69) is 6.92 Å². The van der Waals surface area contributed by atoms with Crippen LogP contribution in [0.15, 0.2) is 0 Å². The van der Waals surface area contributed by atoms with Gasteiger partial charge in [0.2, 0.25) is 0 Å². The van der Waals surface area contributed by atoms with Crippen LogP contribution in [0.3, 0.4) is 0 Å². The molecule has 0 aromatic rings. The highest BCUT2D eigenvalue weighted by atomic mass is 16.4. The summed E-state index contributed by atoms with van der Waals surface area (Å²) in [6, 6.07) is 0. The maximum Gasteiger partial charge on any atom is 0.0822 e. The van der Waals surface area contributed by atoms with Crippen molar-refractivity contribution in [2.24, 2.45) is 5.92 Å². The molecule has 0 spiro atoms. The first kappa shape index (κ1) is 24.4. The van der Waals surface area contributed by atoms with Crippen molar-refractivity contribution in [3.63, 3.8) is 0 Å². The highest BCUT2D eigenvalue weighted by Gasteiger charge is 2.08. The lowest BCUT2D eigenvalue weighted by atomic mass is 9.95. The van der Waals surface area contributed by atoms with Crippen molar-refractivity contribution in [2.45, 2.75) is 122 Å². The van der Waals surface area contributed by atoms with E-state index in [0.717, 1.165) is 44.9 Å². The van der Waals surface area contributed by atoms with E-state index in [1.165, 1.54) is 70.6 Å². The summed E-state index contributed by atoms with van der Waals surface area (Å²) in [5.41, 5.74) is 0. The maximum atomic E-state index is 11.1. The third-order valence-electron chi connectivity index (χ3n) is 5.19. The molecule has 0 amide bonds. The van der Waals surface area contributed by atoms with Crippen LogP contribution < -0.4 is 5.11 Å². The fourth-order valence-corrected chi connectivity index (χ4v) is 3.44. The van der Waals surface area contributed by atoms with Gasteiger partial charge in [-0.25, -0.2) is 5.11 Å². The molecular formula is C22H42O3-. The SMILES string of the molecule is CCCCC(CCCCCCCCCCCCCCCC[O])C(=O)[O-]. The Morgan fingerprint density at radius 3 is 1.36 bits per heavy atom. The van der Waals surface area contributed by atoms with E-state index in [1.54, 1.807) is 0 Å². The van der Waals surface area contributed by atoms with Gasteiger partial charge in [0.25, 0.3) is 0 Å². The smallest absolute Gasteiger partial charge is 0.0822 e. The summed E-state index contributed by atoms with van der Waals surface area (Å²) in [5.74, 6) is -1.07. The Hall–Kier alpha value is -0.570. The van der Waals surface area contributed by atoms with E-state index in [1.807, 2.05) is 0 Å². The first-order valence-corrected chi connectivity index (χ1v) is 11.0. The van der Waals surface area contributed by atoms with Crippen LogP contribution in [0, 0.1) is 5.92 Å². The molecule has 0 aliphatic carbocycles. The molecule has 3 heteroatoms. The monoisotopic (exact) mass is 354 g/mol. The minimum Gasteiger partial charge on any atom is -0.550 e. The molecule has 0 aliphatic rings. The van der Waals surface area contributed by atoms with Crippen LogP contribution in [0.5, 0.6) is 0 Å². The summed E-state index contributed by atoms with van der Waals surface area (Å²) < 4.78 is 0. The standard InChI is InChI=1S/C22H43O3/c1-2-3-18-21(22(24)25)19-16-14-12-10-8-6-4-5-7-9-11-13-15-17-20-23/h21H,2-20H2,1H3,(H,24,25)/p-1. The molecule has 3 nitrogen and oxygen atoms in total. The van der Waals surface area contributed by atoms with E-state index >= 15 is 0 Å². The molecule has 0 saturated heterocycles. The Kier molecular flexibility index (Phi) is 19.3. The number of rotatable bonds is 20. The largest absolute Gasteiger partial charge is 0.550 e. The highest BCUT2D eigenvalue weighted by Crippen LogP contribution is 2.18. The van der Waals surface area contributed by atoms with E-state index in [4.69, 9.17) is 0 Å². The van der Waals surface area contributed by atoms with Crippen LogP contribution in [-0.4, -0.2) is 12.6 Å². The average Bonchev–Trinajstić information content (AvgIpc) is 2.60. The van der Waals surface area contributed by atoms with Crippen LogP contribution >= 0.6 is 0 Å². The van der Waals surface area contributed by atoms with E-state index < -0.39 is 5.97 Å². The Morgan fingerprint density at radius 2 is 1.00 bits per heavy atom. The summed E-state index contributed by atoms with van der Waals surface area (Å²) in [7, 11) is 0. The third-order valence-corrected chi connectivity index (χ3v) is 5.19. The average molecular weight is 355 g/mol. The van der Waals surface area contributed by atoms with Gasteiger partial charge < -0.3 is 9.90 Å². The van der Waals surface area contributed by atoms with Crippen molar-refractivity contribution >= 4 is 5.97 Å². The van der Waals surface area contributed by atoms with E-state index in [9.17, 15) is 15.0 Å². The number of unbranched alkanes of at least 4 members (excludes halogenated alkanes) is 14. The van der Waals surface area contributed by atoms with Gasteiger partial charge in [-0.15, -0.1) is 0 Å². The van der Waals surface area contributed by atoms with Crippen molar-refractivity contribution in [3.05, 3.63) is 0 Å². The number of hydrogen-bond donors (Lipinski definition) is 0. The van der Waals surface area contributed by atoms with Crippen molar-refractivity contribution in [1.82, 2.24) is 0 Å². The quantitative estimate of drug-likeness (QED) is 0.258. The highest BCUT2D eigenvalue weighted by molar-refractivity contribution is 5.67. The first-order valence-electron chi connectivity index (χ1n) is 11.0. The minimum atomic E-state index is -0.848.